The van der Waals surface area contributed by atoms with E-state index in [0.717, 1.165) is 43.0 Å². The topological polar surface area (TPSA) is 77.5 Å². The van der Waals surface area contributed by atoms with Gasteiger partial charge in [-0.05, 0) is 43.9 Å². The molecule has 1 aliphatic rings. The van der Waals surface area contributed by atoms with Crippen LogP contribution in [0, 0.1) is 12.8 Å². The Morgan fingerprint density at radius 3 is 2.80 bits per heavy atom. The molecule has 0 bridgehead atoms. The van der Waals surface area contributed by atoms with Gasteiger partial charge in [0.15, 0.2) is 5.82 Å². The second-order valence-electron chi connectivity index (χ2n) is 7.88. The van der Waals surface area contributed by atoms with Crippen LogP contribution in [0.1, 0.15) is 18.5 Å². The fraction of sp³-hybridized carbons (Fsp3) is 0.364. The fourth-order valence-electron chi connectivity index (χ4n) is 4.27. The Morgan fingerprint density at radius 1 is 1.17 bits per heavy atom. The molecule has 0 amide bonds. The highest BCUT2D eigenvalue weighted by Gasteiger charge is 2.23. The molecular formula is C22H24N6O2. The standard InChI is InChI=1S/C22H24N6O2/c1-15-11-20-21(23-7-10-28(20)25-15)26-8-5-16(6-9-26)13-27-14-24-19-12-17(30-2)3-4-18(19)22(27)29/h3-4,7,10-12,14,16H,5-6,8-9,13H2,1-2H3. The average Bonchev–Trinajstić information content (AvgIpc) is 3.16. The summed E-state index contributed by atoms with van der Waals surface area (Å²) in [7, 11) is 1.61. The molecule has 8 heteroatoms. The predicted molar refractivity (Wildman–Crippen MR) is 115 cm³/mol. The van der Waals surface area contributed by atoms with Crippen LogP contribution in [0.4, 0.5) is 5.82 Å². The molecule has 0 N–H and O–H groups in total. The Morgan fingerprint density at radius 2 is 2.00 bits per heavy atom. The highest BCUT2D eigenvalue weighted by molar-refractivity contribution is 5.78. The van der Waals surface area contributed by atoms with Crippen molar-refractivity contribution in [1.29, 1.82) is 0 Å². The van der Waals surface area contributed by atoms with Gasteiger partial charge in [-0.15, -0.1) is 0 Å². The number of nitrogens with zero attached hydrogens (tertiary/aromatic N) is 6. The first-order valence-corrected chi connectivity index (χ1v) is 10.2. The Hall–Kier alpha value is -3.42. The van der Waals surface area contributed by atoms with Gasteiger partial charge in [0, 0.05) is 38.1 Å². The molecule has 0 aliphatic carbocycles. The second-order valence-corrected chi connectivity index (χ2v) is 7.88. The number of rotatable bonds is 4. The lowest BCUT2D eigenvalue weighted by molar-refractivity contribution is 0.351. The summed E-state index contributed by atoms with van der Waals surface area (Å²) in [6.45, 7) is 4.50. The lowest BCUT2D eigenvalue weighted by Crippen LogP contribution is -2.37. The largest absolute Gasteiger partial charge is 0.497 e. The maximum Gasteiger partial charge on any atom is 0.261 e. The van der Waals surface area contributed by atoms with Crippen LogP contribution in [0.15, 0.2) is 47.8 Å². The molecule has 30 heavy (non-hydrogen) atoms. The van der Waals surface area contributed by atoms with Crippen LogP contribution < -0.4 is 15.2 Å². The third kappa shape index (κ3) is 3.28. The number of aryl methyl sites for hydroxylation is 1. The van der Waals surface area contributed by atoms with E-state index in [1.165, 1.54) is 0 Å². The monoisotopic (exact) mass is 404 g/mol. The Balaban J connectivity index is 1.31. The maximum atomic E-state index is 12.9. The molecule has 4 heterocycles. The van der Waals surface area contributed by atoms with Crippen molar-refractivity contribution in [3.63, 3.8) is 0 Å². The van der Waals surface area contributed by atoms with Crippen molar-refractivity contribution in [1.82, 2.24) is 24.1 Å². The van der Waals surface area contributed by atoms with E-state index in [-0.39, 0.29) is 5.56 Å². The molecule has 0 unspecified atom stereocenters. The zero-order chi connectivity index (χ0) is 20.7. The molecule has 0 atom stereocenters. The number of hydrogen-bond acceptors (Lipinski definition) is 6. The molecule has 1 fully saturated rings. The van der Waals surface area contributed by atoms with Crippen molar-refractivity contribution in [2.24, 2.45) is 5.92 Å². The van der Waals surface area contributed by atoms with E-state index in [0.29, 0.717) is 29.1 Å². The highest BCUT2D eigenvalue weighted by atomic mass is 16.5. The zero-order valence-electron chi connectivity index (χ0n) is 17.2. The number of benzene rings is 1. The van der Waals surface area contributed by atoms with Gasteiger partial charge in [-0.2, -0.15) is 5.10 Å². The summed E-state index contributed by atoms with van der Waals surface area (Å²) < 4.78 is 8.86. The number of fused-ring (bicyclic) bond motifs is 2. The van der Waals surface area contributed by atoms with E-state index in [2.05, 4.69) is 26.0 Å². The molecular weight excluding hydrogens is 380 g/mol. The van der Waals surface area contributed by atoms with Crippen molar-refractivity contribution in [2.45, 2.75) is 26.3 Å². The van der Waals surface area contributed by atoms with Crippen LogP contribution in [0.3, 0.4) is 0 Å². The molecule has 5 rings (SSSR count). The van der Waals surface area contributed by atoms with Crippen LogP contribution >= 0.6 is 0 Å². The van der Waals surface area contributed by atoms with Gasteiger partial charge in [0.2, 0.25) is 0 Å². The first-order chi connectivity index (χ1) is 14.6. The summed E-state index contributed by atoms with van der Waals surface area (Å²) in [5.41, 5.74) is 2.70. The van der Waals surface area contributed by atoms with Gasteiger partial charge in [0.05, 0.1) is 30.0 Å². The molecule has 1 saturated heterocycles. The van der Waals surface area contributed by atoms with Gasteiger partial charge in [-0.1, -0.05) is 0 Å². The SMILES string of the molecule is COc1ccc2c(=O)n(CC3CCN(c4nccn5nc(C)cc45)CC3)cnc2c1. The van der Waals surface area contributed by atoms with E-state index in [1.54, 1.807) is 42.4 Å². The summed E-state index contributed by atoms with van der Waals surface area (Å²) in [6, 6.07) is 7.47. The number of aromatic nitrogens is 5. The van der Waals surface area contributed by atoms with Crippen molar-refractivity contribution < 1.29 is 4.74 Å². The van der Waals surface area contributed by atoms with E-state index in [1.807, 2.05) is 17.6 Å². The Labute approximate surface area is 173 Å². The number of methoxy groups -OCH3 is 1. The molecule has 4 aromatic rings. The minimum Gasteiger partial charge on any atom is -0.497 e. The van der Waals surface area contributed by atoms with Gasteiger partial charge < -0.3 is 9.64 Å². The van der Waals surface area contributed by atoms with Gasteiger partial charge in [0.25, 0.3) is 5.56 Å². The molecule has 0 spiro atoms. The molecule has 0 saturated carbocycles. The van der Waals surface area contributed by atoms with E-state index in [4.69, 9.17) is 4.74 Å². The first-order valence-electron chi connectivity index (χ1n) is 10.2. The molecule has 0 radical (unpaired) electrons. The highest BCUT2D eigenvalue weighted by Crippen LogP contribution is 2.26. The van der Waals surface area contributed by atoms with Gasteiger partial charge >= 0.3 is 0 Å². The lowest BCUT2D eigenvalue weighted by Gasteiger charge is -2.33. The van der Waals surface area contributed by atoms with E-state index < -0.39 is 0 Å². The zero-order valence-corrected chi connectivity index (χ0v) is 17.2. The van der Waals surface area contributed by atoms with Crippen LogP contribution in [-0.2, 0) is 6.54 Å². The van der Waals surface area contributed by atoms with E-state index in [9.17, 15) is 4.79 Å². The van der Waals surface area contributed by atoms with Crippen molar-refractivity contribution in [3.8, 4) is 5.75 Å². The summed E-state index contributed by atoms with van der Waals surface area (Å²) in [6.07, 6.45) is 7.35. The van der Waals surface area contributed by atoms with Crippen LogP contribution in [0.5, 0.6) is 5.75 Å². The second kappa shape index (κ2) is 7.44. The molecule has 154 valence electrons. The van der Waals surface area contributed by atoms with E-state index >= 15 is 0 Å². The van der Waals surface area contributed by atoms with Crippen molar-refractivity contribution >= 4 is 22.2 Å². The third-order valence-electron chi connectivity index (χ3n) is 5.89. The number of hydrogen-bond donors (Lipinski definition) is 0. The van der Waals surface area contributed by atoms with Crippen molar-refractivity contribution in [3.05, 3.63) is 59.0 Å². The summed E-state index contributed by atoms with van der Waals surface area (Å²) in [5, 5.41) is 5.11. The smallest absolute Gasteiger partial charge is 0.261 e. The summed E-state index contributed by atoms with van der Waals surface area (Å²) in [5.74, 6) is 2.12. The lowest BCUT2D eigenvalue weighted by atomic mass is 9.96. The minimum atomic E-state index is 0.00579. The number of anilines is 1. The predicted octanol–water partition coefficient (Wildman–Crippen LogP) is 2.67. The van der Waals surface area contributed by atoms with Crippen LogP contribution in [0.25, 0.3) is 16.4 Å². The maximum absolute atomic E-state index is 12.9. The van der Waals surface area contributed by atoms with Gasteiger partial charge in [-0.3, -0.25) is 9.36 Å². The van der Waals surface area contributed by atoms with Crippen LogP contribution in [0.2, 0.25) is 0 Å². The van der Waals surface area contributed by atoms with Gasteiger partial charge in [0.1, 0.15) is 11.3 Å². The third-order valence-corrected chi connectivity index (χ3v) is 5.89. The Kier molecular flexibility index (Phi) is 4.61. The van der Waals surface area contributed by atoms with Gasteiger partial charge in [-0.25, -0.2) is 14.5 Å². The first kappa shape index (κ1) is 18.6. The number of ether oxygens (including phenoxy) is 1. The molecule has 3 aromatic heterocycles. The fourth-order valence-corrected chi connectivity index (χ4v) is 4.27. The molecule has 1 aliphatic heterocycles. The minimum absolute atomic E-state index is 0.00579. The average molecular weight is 404 g/mol. The quantitative estimate of drug-likeness (QED) is 0.520. The summed E-state index contributed by atoms with van der Waals surface area (Å²) >= 11 is 0. The van der Waals surface area contributed by atoms with Crippen molar-refractivity contribution in [2.75, 3.05) is 25.1 Å². The number of piperidine rings is 1. The van der Waals surface area contributed by atoms with Crippen LogP contribution in [-0.4, -0.2) is 44.3 Å². The molecule has 1 aromatic carbocycles. The Bertz CT molecular complexity index is 1270. The normalized spacial score (nSPS) is 15.2. The summed E-state index contributed by atoms with van der Waals surface area (Å²) in [4.78, 5) is 24.3. The molecule has 8 nitrogen and oxygen atoms in total.